The molecule has 2 amide bonds. The van der Waals surface area contributed by atoms with Gasteiger partial charge in [-0.25, -0.2) is 0 Å². The van der Waals surface area contributed by atoms with Crippen LogP contribution < -0.4 is 16.2 Å². The number of aliphatic imine (C=N–C) groups is 1. The summed E-state index contributed by atoms with van der Waals surface area (Å²) in [6.07, 6.45) is 4.03. The van der Waals surface area contributed by atoms with E-state index in [1.54, 1.807) is 24.3 Å². The summed E-state index contributed by atoms with van der Waals surface area (Å²) < 4.78 is 0. The maximum Gasteiger partial charge on any atom is 0.261 e. The van der Waals surface area contributed by atoms with E-state index in [4.69, 9.17) is 0 Å². The number of amidine groups is 1. The van der Waals surface area contributed by atoms with Crippen LogP contribution in [0.15, 0.2) is 65.8 Å². The minimum absolute atomic E-state index is 0.288. The van der Waals surface area contributed by atoms with Crippen molar-refractivity contribution in [1.82, 2.24) is 21.2 Å². The second-order valence-electron chi connectivity index (χ2n) is 7.00. The molecule has 0 bridgehead atoms. The quantitative estimate of drug-likeness (QED) is 0.504. The number of hydrogen-bond acceptors (Lipinski definition) is 4. The van der Waals surface area contributed by atoms with Gasteiger partial charge in [0.15, 0.2) is 0 Å². The van der Waals surface area contributed by atoms with Crippen LogP contribution in [0.25, 0.3) is 10.9 Å². The fourth-order valence-electron chi connectivity index (χ4n) is 3.42. The van der Waals surface area contributed by atoms with Gasteiger partial charge in [-0.05, 0) is 30.2 Å². The third-order valence-corrected chi connectivity index (χ3v) is 4.96. The lowest BCUT2D eigenvalue weighted by Crippen LogP contribution is -2.53. The SMILES string of the molecule is O=C(NC(Cc1c[nH]c2ccccc12)C(=O)NNC1=NCCC1)c1ccccc1. The van der Waals surface area contributed by atoms with Crippen molar-refractivity contribution in [3.05, 3.63) is 71.9 Å². The number of hydrazine groups is 1. The highest BCUT2D eigenvalue weighted by molar-refractivity contribution is 5.98. The molecule has 7 nitrogen and oxygen atoms in total. The van der Waals surface area contributed by atoms with E-state index < -0.39 is 6.04 Å². The lowest BCUT2D eigenvalue weighted by molar-refractivity contribution is -0.123. The lowest BCUT2D eigenvalue weighted by Gasteiger charge is -2.19. The first-order chi connectivity index (χ1) is 14.2. The van der Waals surface area contributed by atoms with Gasteiger partial charge in [0, 0.05) is 42.0 Å². The van der Waals surface area contributed by atoms with Crippen molar-refractivity contribution in [3.8, 4) is 0 Å². The Hall–Kier alpha value is -3.61. The van der Waals surface area contributed by atoms with E-state index in [1.807, 2.05) is 36.5 Å². The smallest absolute Gasteiger partial charge is 0.261 e. The zero-order chi connectivity index (χ0) is 20.1. The Kier molecular flexibility index (Phi) is 5.56. The molecule has 2 heterocycles. The molecule has 1 aliphatic heterocycles. The van der Waals surface area contributed by atoms with Crippen LogP contribution in [0.5, 0.6) is 0 Å². The van der Waals surface area contributed by atoms with Crippen LogP contribution in [-0.2, 0) is 11.2 Å². The van der Waals surface area contributed by atoms with Crippen molar-refractivity contribution in [1.29, 1.82) is 0 Å². The van der Waals surface area contributed by atoms with E-state index in [9.17, 15) is 9.59 Å². The first-order valence-corrected chi connectivity index (χ1v) is 9.71. The highest BCUT2D eigenvalue weighted by Crippen LogP contribution is 2.19. The van der Waals surface area contributed by atoms with Crippen molar-refractivity contribution in [3.63, 3.8) is 0 Å². The van der Waals surface area contributed by atoms with Crippen LogP contribution >= 0.6 is 0 Å². The van der Waals surface area contributed by atoms with E-state index >= 15 is 0 Å². The van der Waals surface area contributed by atoms with E-state index in [0.717, 1.165) is 41.7 Å². The van der Waals surface area contributed by atoms with E-state index in [0.29, 0.717) is 12.0 Å². The Morgan fingerprint density at radius 1 is 1.07 bits per heavy atom. The Labute approximate surface area is 168 Å². The number of fused-ring (bicyclic) bond motifs is 1. The first-order valence-electron chi connectivity index (χ1n) is 9.71. The zero-order valence-electron chi connectivity index (χ0n) is 15.9. The molecule has 1 aromatic heterocycles. The summed E-state index contributed by atoms with van der Waals surface area (Å²) in [5.74, 6) is 0.163. The standard InChI is InChI=1S/C22H23N5O2/c28-21(15-7-2-1-3-8-15)25-19(22(29)27-26-20-11-6-12-23-20)13-16-14-24-18-10-5-4-9-17(16)18/h1-5,7-10,14,19,24H,6,11-13H2,(H,23,26)(H,25,28)(H,27,29). The van der Waals surface area contributed by atoms with Gasteiger partial charge < -0.3 is 10.3 Å². The average Bonchev–Trinajstić information content (AvgIpc) is 3.42. The van der Waals surface area contributed by atoms with Crippen molar-refractivity contribution >= 4 is 28.6 Å². The molecule has 0 fully saturated rings. The van der Waals surface area contributed by atoms with Crippen LogP contribution in [0, 0.1) is 0 Å². The number of aromatic nitrogens is 1. The molecule has 0 saturated carbocycles. The Bertz CT molecular complexity index is 1040. The maximum absolute atomic E-state index is 12.9. The summed E-state index contributed by atoms with van der Waals surface area (Å²) >= 11 is 0. The highest BCUT2D eigenvalue weighted by atomic mass is 16.2. The Morgan fingerprint density at radius 2 is 1.86 bits per heavy atom. The number of para-hydroxylation sites is 1. The van der Waals surface area contributed by atoms with Gasteiger partial charge >= 0.3 is 0 Å². The monoisotopic (exact) mass is 389 g/mol. The number of carbonyl (C=O) groups excluding carboxylic acids is 2. The molecule has 2 aromatic carbocycles. The number of nitrogens with zero attached hydrogens (tertiary/aromatic N) is 1. The second-order valence-corrected chi connectivity index (χ2v) is 7.00. The number of amides is 2. The largest absolute Gasteiger partial charge is 0.361 e. The Balaban J connectivity index is 1.52. The number of hydrogen-bond donors (Lipinski definition) is 4. The summed E-state index contributed by atoms with van der Waals surface area (Å²) in [5.41, 5.74) is 8.05. The minimum Gasteiger partial charge on any atom is -0.361 e. The molecule has 1 aliphatic rings. The predicted molar refractivity (Wildman–Crippen MR) is 113 cm³/mol. The topological polar surface area (TPSA) is 98.4 Å². The summed E-state index contributed by atoms with van der Waals surface area (Å²) in [6, 6.07) is 16.0. The van der Waals surface area contributed by atoms with Gasteiger partial charge in [-0.2, -0.15) is 0 Å². The molecular weight excluding hydrogens is 366 g/mol. The van der Waals surface area contributed by atoms with Crippen LogP contribution in [0.1, 0.15) is 28.8 Å². The fraction of sp³-hybridized carbons (Fsp3) is 0.227. The molecule has 3 aromatic rings. The molecular formula is C22H23N5O2. The number of nitrogens with one attached hydrogen (secondary N) is 4. The number of aromatic amines is 1. The van der Waals surface area contributed by atoms with Crippen LogP contribution in [0.3, 0.4) is 0 Å². The zero-order valence-corrected chi connectivity index (χ0v) is 15.9. The van der Waals surface area contributed by atoms with Crippen molar-refractivity contribution in [2.45, 2.75) is 25.3 Å². The van der Waals surface area contributed by atoms with Gasteiger partial charge in [-0.3, -0.25) is 25.4 Å². The molecule has 1 unspecified atom stereocenters. The predicted octanol–water partition coefficient (Wildman–Crippen LogP) is 2.32. The number of carbonyl (C=O) groups is 2. The Morgan fingerprint density at radius 3 is 2.66 bits per heavy atom. The van der Waals surface area contributed by atoms with Gasteiger partial charge in [-0.15, -0.1) is 0 Å². The summed E-state index contributed by atoms with van der Waals surface area (Å²) in [4.78, 5) is 33.1. The molecule has 4 rings (SSSR count). The summed E-state index contributed by atoms with van der Waals surface area (Å²) in [6.45, 7) is 0.766. The maximum atomic E-state index is 12.9. The highest BCUT2D eigenvalue weighted by Gasteiger charge is 2.23. The van der Waals surface area contributed by atoms with Crippen LogP contribution in [0.4, 0.5) is 0 Å². The van der Waals surface area contributed by atoms with E-state index in [-0.39, 0.29) is 11.8 Å². The van der Waals surface area contributed by atoms with Crippen molar-refractivity contribution in [2.24, 2.45) is 4.99 Å². The van der Waals surface area contributed by atoms with Crippen molar-refractivity contribution in [2.75, 3.05) is 6.54 Å². The molecule has 1 atom stereocenters. The lowest BCUT2D eigenvalue weighted by atomic mass is 10.0. The normalized spacial score (nSPS) is 14.3. The van der Waals surface area contributed by atoms with E-state index in [1.165, 1.54) is 0 Å². The third kappa shape index (κ3) is 4.45. The number of benzene rings is 2. The molecule has 148 valence electrons. The average molecular weight is 389 g/mol. The van der Waals surface area contributed by atoms with Gasteiger partial charge in [0.25, 0.3) is 11.8 Å². The van der Waals surface area contributed by atoms with Gasteiger partial charge in [0.05, 0.1) is 0 Å². The molecule has 7 heteroatoms. The van der Waals surface area contributed by atoms with Crippen LogP contribution in [-0.4, -0.2) is 35.2 Å². The second kappa shape index (κ2) is 8.60. The minimum atomic E-state index is -0.739. The molecule has 0 aliphatic carbocycles. The summed E-state index contributed by atoms with van der Waals surface area (Å²) in [5, 5.41) is 3.90. The summed E-state index contributed by atoms with van der Waals surface area (Å²) in [7, 11) is 0. The first kappa shape index (κ1) is 18.7. The van der Waals surface area contributed by atoms with Crippen LogP contribution in [0.2, 0.25) is 0 Å². The molecule has 29 heavy (non-hydrogen) atoms. The van der Waals surface area contributed by atoms with Crippen molar-refractivity contribution < 1.29 is 9.59 Å². The number of H-pyrrole nitrogens is 1. The molecule has 4 N–H and O–H groups in total. The van der Waals surface area contributed by atoms with Gasteiger partial charge in [0.2, 0.25) is 0 Å². The molecule has 0 saturated heterocycles. The molecule has 0 spiro atoms. The van der Waals surface area contributed by atoms with Gasteiger partial charge in [-0.1, -0.05) is 36.4 Å². The molecule has 0 radical (unpaired) electrons. The third-order valence-electron chi connectivity index (χ3n) is 4.96. The fourth-order valence-corrected chi connectivity index (χ4v) is 3.42. The number of rotatable bonds is 5. The van der Waals surface area contributed by atoms with Gasteiger partial charge in [0.1, 0.15) is 11.9 Å². The van der Waals surface area contributed by atoms with E-state index in [2.05, 4.69) is 26.1 Å².